The number of carbonyl (C=O) groups excluding carboxylic acids is 1. The fraction of sp³-hybridized carbons (Fsp3) is 0.417. The number of benzene rings is 1. The highest BCUT2D eigenvalue weighted by Gasteiger charge is 2.24. The monoisotopic (exact) mass is 382 g/mol. The number of sulfonamides is 1. The molecule has 0 spiro atoms. The maximum Gasteiger partial charge on any atom is 0.251 e. The molecule has 0 heterocycles. The third-order valence-corrected chi connectivity index (χ3v) is 4.52. The molecular weight excluding hydrogens is 367 g/mol. The van der Waals surface area contributed by atoms with Crippen LogP contribution in [0.5, 0.6) is 0 Å². The van der Waals surface area contributed by atoms with Gasteiger partial charge in [0.1, 0.15) is 5.82 Å². The molecule has 21 heavy (non-hydrogen) atoms. The average molecular weight is 383 g/mol. The van der Waals surface area contributed by atoms with Crippen molar-refractivity contribution in [2.45, 2.75) is 24.3 Å². The van der Waals surface area contributed by atoms with Crippen molar-refractivity contribution in [3.63, 3.8) is 0 Å². The Morgan fingerprint density at radius 3 is 2.52 bits per heavy atom. The molecule has 3 N–H and O–H groups in total. The first kappa shape index (κ1) is 18.0. The molecule has 1 amide bonds. The number of hydrogen-bond acceptors (Lipinski definition) is 4. The zero-order valence-electron chi connectivity index (χ0n) is 11.7. The van der Waals surface area contributed by atoms with Gasteiger partial charge in [-0.2, -0.15) is 0 Å². The third-order valence-electron chi connectivity index (χ3n) is 2.52. The predicted octanol–water partition coefficient (Wildman–Crippen LogP) is 1.39. The summed E-state index contributed by atoms with van der Waals surface area (Å²) in [4.78, 5) is 11.6. The van der Waals surface area contributed by atoms with Crippen LogP contribution in [0.3, 0.4) is 0 Å². The number of primary sulfonamides is 1. The lowest BCUT2D eigenvalue weighted by Gasteiger charge is -2.25. The van der Waals surface area contributed by atoms with Crippen molar-refractivity contribution in [1.82, 2.24) is 5.32 Å². The highest BCUT2D eigenvalue weighted by atomic mass is 79.9. The van der Waals surface area contributed by atoms with Crippen LogP contribution < -0.4 is 10.5 Å². The van der Waals surface area contributed by atoms with Gasteiger partial charge >= 0.3 is 0 Å². The first-order valence-electron chi connectivity index (χ1n) is 5.81. The van der Waals surface area contributed by atoms with E-state index in [0.29, 0.717) is 0 Å². The molecule has 0 saturated heterocycles. The van der Waals surface area contributed by atoms with Crippen molar-refractivity contribution in [2.75, 3.05) is 13.7 Å². The lowest BCUT2D eigenvalue weighted by atomic mass is 10.1. The van der Waals surface area contributed by atoms with Crippen LogP contribution in [-0.4, -0.2) is 33.6 Å². The van der Waals surface area contributed by atoms with Gasteiger partial charge < -0.3 is 10.1 Å². The Hall–Kier alpha value is -1.03. The number of amides is 1. The number of rotatable bonds is 5. The zero-order chi connectivity index (χ0) is 16.4. The Bertz CT molecular complexity index is 661. The van der Waals surface area contributed by atoms with Gasteiger partial charge in [-0.1, -0.05) is 0 Å². The number of carbonyl (C=O) groups is 1. The van der Waals surface area contributed by atoms with Crippen LogP contribution in [0.1, 0.15) is 24.2 Å². The van der Waals surface area contributed by atoms with E-state index >= 15 is 0 Å². The van der Waals surface area contributed by atoms with E-state index in [9.17, 15) is 17.6 Å². The second kappa shape index (κ2) is 6.39. The van der Waals surface area contributed by atoms with Crippen LogP contribution in [0.4, 0.5) is 4.39 Å². The Morgan fingerprint density at radius 1 is 1.48 bits per heavy atom. The van der Waals surface area contributed by atoms with Crippen LogP contribution in [-0.2, 0) is 14.8 Å². The molecule has 0 aliphatic carbocycles. The van der Waals surface area contributed by atoms with E-state index in [-0.39, 0.29) is 16.6 Å². The molecule has 0 unspecified atom stereocenters. The van der Waals surface area contributed by atoms with Gasteiger partial charge in [0.15, 0.2) is 0 Å². The fourth-order valence-corrected chi connectivity index (χ4v) is 3.22. The normalized spacial score (nSPS) is 12.3. The highest BCUT2D eigenvalue weighted by molar-refractivity contribution is 9.10. The SMILES string of the molecule is COCC(C)(C)NC(=O)c1cc(F)c(Br)c(S(N)(=O)=O)c1. The maximum atomic E-state index is 13.7. The van der Waals surface area contributed by atoms with Crippen molar-refractivity contribution >= 4 is 31.9 Å². The minimum Gasteiger partial charge on any atom is -0.382 e. The van der Waals surface area contributed by atoms with Crippen LogP contribution in [0.15, 0.2) is 21.5 Å². The second-order valence-electron chi connectivity index (χ2n) is 5.09. The molecule has 0 fully saturated rings. The summed E-state index contributed by atoms with van der Waals surface area (Å²) >= 11 is 2.80. The Labute approximate surface area is 131 Å². The summed E-state index contributed by atoms with van der Waals surface area (Å²) in [5, 5.41) is 7.61. The van der Waals surface area contributed by atoms with Gasteiger partial charge in [-0.25, -0.2) is 17.9 Å². The van der Waals surface area contributed by atoms with Crippen LogP contribution in [0, 0.1) is 5.82 Å². The lowest BCUT2D eigenvalue weighted by molar-refractivity contribution is 0.0819. The summed E-state index contributed by atoms with van der Waals surface area (Å²) in [6, 6.07) is 1.94. The maximum absolute atomic E-state index is 13.7. The lowest BCUT2D eigenvalue weighted by Crippen LogP contribution is -2.46. The van der Waals surface area contributed by atoms with Gasteiger partial charge in [0.25, 0.3) is 5.91 Å². The number of hydrogen-bond donors (Lipinski definition) is 2. The minimum absolute atomic E-state index is 0.149. The van der Waals surface area contributed by atoms with Gasteiger partial charge in [0, 0.05) is 12.7 Å². The van der Waals surface area contributed by atoms with E-state index < -0.39 is 32.2 Å². The summed E-state index contributed by atoms with van der Waals surface area (Å²) in [6.07, 6.45) is 0. The van der Waals surface area contributed by atoms with Crippen molar-refractivity contribution in [1.29, 1.82) is 0 Å². The number of ether oxygens (including phenoxy) is 1. The van der Waals surface area contributed by atoms with Gasteiger partial charge in [0.05, 0.1) is 21.5 Å². The smallest absolute Gasteiger partial charge is 0.251 e. The molecule has 1 rings (SSSR count). The molecule has 1 aromatic carbocycles. The number of nitrogens with one attached hydrogen (secondary N) is 1. The van der Waals surface area contributed by atoms with E-state index in [1.165, 1.54) is 7.11 Å². The van der Waals surface area contributed by atoms with Crippen LogP contribution in [0.25, 0.3) is 0 Å². The molecule has 6 nitrogen and oxygen atoms in total. The van der Waals surface area contributed by atoms with Gasteiger partial charge in [-0.05, 0) is 41.9 Å². The number of halogens is 2. The molecule has 1 aromatic rings. The average Bonchev–Trinajstić information content (AvgIpc) is 2.29. The van der Waals surface area contributed by atoms with Gasteiger partial charge in [0.2, 0.25) is 10.0 Å². The van der Waals surface area contributed by atoms with Crippen LogP contribution >= 0.6 is 15.9 Å². The molecular formula is C12H16BrFN2O4S. The molecule has 0 aliphatic heterocycles. The number of methoxy groups -OCH3 is 1. The first-order valence-corrected chi connectivity index (χ1v) is 8.15. The molecule has 0 radical (unpaired) electrons. The van der Waals surface area contributed by atoms with Crippen molar-refractivity contribution in [3.05, 3.63) is 28.0 Å². The highest BCUT2D eigenvalue weighted by Crippen LogP contribution is 2.26. The largest absolute Gasteiger partial charge is 0.382 e. The van der Waals surface area contributed by atoms with Crippen molar-refractivity contribution in [2.24, 2.45) is 5.14 Å². The Balaban J connectivity index is 3.21. The summed E-state index contributed by atoms with van der Waals surface area (Å²) in [5.74, 6) is -1.52. The van der Waals surface area contributed by atoms with E-state index in [1.807, 2.05) is 0 Å². The van der Waals surface area contributed by atoms with Gasteiger partial charge in [-0.3, -0.25) is 4.79 Å². The second-order valence-corrected chi connectivity index (χ2v) is 7.41. The Kier molecular flexibility index (Phi) is 5.48. The first-order chi connectivity index (χ1) is 9.48. The van der Waals surface area contributed by atoms with E-state index in [0.717, 1.165) is 12.1 Å². The predicted molar refractivity (Wildman–Crippen MR) is 78.9 cm³/mol. The number of nitrogens with two attached hydrogens (primary N) is 1. The standard InChI is InChI=1S/C12H16BrFN2O4S/c1-12(2,6-20-3)16-11(17)7-4-8(14)10(13)9(5-7)21(15,18)19/h4-5H,6H2,1-3H3,(H,16,17)(H2,15,18,19). The molecule has 0 saturated carbocycles. The molecule has 0 aromatic heterocycles. The molecule has 0 aliphatic rings. The van der Waals surface area contributed by atoms with Gasteiger partial charge in [-0.15, -0.1) is 0 Å². The van der Waals surface area contributed by atoms with E-state index in [1.54, 1.807) is 13.8 Å². The Morgan fingerprint density at radius 2 is 2.05 bits per heavy atom. The summed E-state index contributed by atoms with van der Waals surface area (Å²) in [7, 11) is -2.68. The van der Waals surface area contributed by atoms with Crippen molar-refractivity contribution < 1.29 is 22.3 Å². The fourth-order valence-electron chi connectivity index (χ4n) is 1.68. The van der Waals surface area contributed by atoms with E-state index in [4.69, 9.17) is 9.88 Å². The molecule has 118 valence electrons. The minimum atomic E-state index is -4.16. The molecule has 0 bridgehead atoms. The summed E-state index contributed by atoms with van der Waals surface area (Å²) < 4.78 is 41.2. The summed E-state index contributed by atoms with van der Waals surface area (Å²) in [5.41, 5.74) is -0.846. The molecule has 9 heteroatoms. The topological polar surface area (TPSA) is 98.5 Å². The quantitative estimate of drug-likeness (QED) is 0.803. The van der Waals surface area contributed by atoms with Crippen molar-refractivity contribution in [3.8, 4) is 0 Å². The zero-order valence-corrected chi connectivity index (χ0v) is 14.1. The third kappa shape index (κ3) is 4.73. The van der Waals surface area contributed by atoms with E-state index in [2.05, 4.69) is 21.2 Å². The molecule has 0 atom stereocenters. The van der Waals surface area contributed by atoms with Crippen LogP contribution in [0.2, 0.25) is 0 Å². The summed E-state index contributed by atoms with van der Waals surface area (Å²) in [6.45, 7) is 3.66.